The van der Waals surface area contributed by atoms with Crippen LogP contribution in [0.25, 0.3) is 0 Å². The number of carbonyl (C=O) groups excluding carboxylic acids is 2. The number of carbonyl (C=O) groups is 3. The highest BCUT2D eigenvalue weighted by atomic mass is 32.1. The van der Waals surface area contributed by atoms with Crippen LogP contribution in [0.5, 0.6) is 0 Å². The minimum atomic E-state index is -1.30. The van der Waals surface area contributed by atoms with E-state index in [0.717, 1.165) is 49.3 Å². The van der Waals surface area contributed by atoms with Crippen LogP contribution in [0, 0.1) is 17.8 Å². The smallest absolute Gasteiger partial charge is 0.327 e. The Labute approximate surface area is 241 Å². The highest BCUT2D eigenvalue weighted by molar-refractivity contribution is 7.78. The molecule has 2 amide bonds. The number of aliphatic hydroxyl groups is 1. The fraction of sp³-hybridized carbons (Fsp3) is 0.821. The van der Waals surface area contributed by atoms with Crippen molar-refractivity contribution in [2.24, 2.45) is 17.8 Å². The van der Waals surface area contributed by atoms with Gasteiger partial charge in [-0.1, -0.05) is 97.1 Å². The molecule has 0 bridgehead atoms. The van der Waals surface area contributed by atoms with E-state index in [1.54, 1.807) is 14.1 Å². The molecule has 5 atom stereocenters. The summed E-state index contributed by atoms with van der Waals surface area (Å²) in [5, 5.41) is 21.2. The predicted octanol–water partition coefficient (Wildman–Crippen LogP) is 5.19. The van der Waals surface area contributed by atoms with E-state index in [2.05, 4.69) is 38.6 Å². The van der Waals surface area contributed by atoms with Gasteiger partial charge < -0.3 is 15.1 Å². The van der Waals surface area contributed by atoms with Crippen molar-refractivity contribution < 1.29 is 24.6 Å². The summed E-state index contributed by atoms with van der Waals surface area (Å²) in [6.07, 6.45) is 12.6. The molecular weight excluding hydrogens is 522 g/mol. The van der Waals surface area contributed by atoms with Gasteiger partial charge in [-0.25, -0.2) is 9.10 Å². The Morgan fingerprint density at radius 2 is 1.82 bits per heavy atom. The van der Waals surface area contributed by atoms with E-state index in [1.807, 2.05) is 19.9 Å². The zero-order valence-electron chi connectivity index (χ0n) is 24.0. The van der Waals surface area contributed by atoms with Gasteiger partial charge in [0.2, 0.25) is 5.91 Å². The Morgan fingerprint density at radius 3 is 2.39 bits per heavy atom. The summed E-state index contributed by atoms with van der Waals surface area (Å²) in [4.78, 5) is 40.3. The predicted molar refractivity (Wildman–Crippen MR) is 159 cm³/mol. The third kappa shape index (κ3) is 11.9. The molecule has 0 aromatic heterocycles. The minimum Gasteiger partial charge on any atom is -0.480 e. The van der Waals surface area contributed by atoms with Crippen LogP contribution >= 0.6 is 25.6 Å². The molecule has 38 heavy (non-hydrogen) atoms. The molecule has 0 saturated carbocycles. The molecule has 8 nitrogen and oxygen atoms in total. The lowest BCUT2D eigenvalue weighted by Crippen LogP contribution is -2.51. The molecular formula is C28H51N3O5S2. The van der Waals surface area contributed by atoms with Gasteiger partial charge >= 0.3 is 5.97 Å². The normalized spacial score (nSPS) is 27.9. The first-order valence-corrected chi connectivity index (χ1v) is 15.0. The first kappa shape index (κ1) is 34.8. The van der Waals surface area contributed by atoms with Crippen LogP contribution in [0.15, 0.2) is 12.2 Å². The lowest BCUT2D eigenvalue weighted by molar-refractivity contribution is -0.149. The Morgan fingerprint density at radius 1 is 1.13 bits per heavy atom. The monoisotopic (exact) mass is 573 g/mol. The van der Waals surface area contributed by atoms with E-state index in [1.165, 1.54) is 15.6 Å². The van der Waals surface area contributed by atoms with Gasteiger partial charge in [0.1, 0.15) is 18.3 Å². The maximum absolute atomic E-state index is 13.7. The molecule has 2 N–H and O–H groups in total. The second-order valence-corrected chi connectivity index (χ2v) is 12.2. The number of unbranched alkanes of at least 4 members (excludes halogenated alkanes) is 3. The second kappa shape index (κ2) is 18.2. The summed E-state index contributed by atoms with van der Waals surface area (Å²) < 4.78 is 2.32. The number of aliphatic carboxylic acids is 1. The molecule has 220 valence electrons. The van der Waals surface area contributed by atoms with Crippen LogP contribution < -0.4 is 0 Å². The van der Waals surface area contributed by atoms with Crippen molar-refractivity contribution >= 4 is 43.4 Å². The third-order valence-corrected chi connectivity index (χ3v) is 8.31. The average Bonchev–Trinajstić information content (AvgIpc) is 2.85. The molecule has 1 aliphatic heterocycles. The largest absolute Gasteiger partial charge is 0.480 e. The number of allylic oxidation sites excluding steroid dienone is 2. The van der Waals surface area contributed by atoms with Crippen molar-refractivity contribution in [1.29, 1.82) is 0 Å². The van der Waals surface area contributed by atoms with Crippen LogP contribution in [0.4, 0.5) is 0 Å². The number of amides is 2. The van der Waals surface area contributed by atoms with Gasteiger partial charge in [-0.05, 0) is 50.4 Å². The fourth-order valence-corrected chi connectivity index (χ4v) is 5.68. The molecule has 0 saturated heterocycles. The molecule has 0 aromatic carbocycles. The van der Waals surface area contributed by atoms with E-state index in [0.29, 0.717) is 19.3 Å². The number of nitrogens with zero attached hydrogens (tertiary/aromatic N) is 3. The van der Waals surface area contributed by atoms with Crippen molar-refractivity contribution in [2.75, 3.05) is 14.1 Å². The third-order valence-electron chi connectivity index (χ3n) is 7.29. The topological polar surface area (TPSA) is 101 Å². The number of carboxylic acid groups (broad SMARTS) is 1. The Balaban J connectivity index is 3.35. The summed E-state index contributed by atoms with van der Waals surface area (Å²) in [5.41, 5.74) is 0. The van der Waals surface area contributed by atoms with Crippen LogP contribution in [0.1, 0.15) is 97.8 Å². The Bertz CT molecular complexity index is 765. The van der Waals surface area contributed by atoms with Crippen molar-refractivity contribution in [2.45, 2.75) is 116 Å². The quantitative estimate of drug-likeness (QED) is 0.172. The molecule has 0 aliphatic carbocycles. The molecule has 10 heteroatoms. The molecule has 1 heterocycles. The summed E-state index contributed by atoms with van der Waals surface area (Å²) >= 11 is 8.93. The van der Waals surface area contributed by atoms with Crippen LogP contribution in [-0.4, -0.2) is 73.9 Å². The summed E-state index contributed by atoms with van der Waals surface area (Å²) in [7, 11) is 3.29. The lowest BCUT2D eigenvalue weighted by Gasteiger charge is -2.36. The SMILES string of the molecule is CCCCCCC1CCC/C=C\CC(C(=O)N(C)C)C[C@@H](C(=O)O)N(S)C(=O)[C@H](CC(C)C)N(S)C(O)C1. The Hall–Kier alpha value is -1.23. The number of hydrogen-bond donors (Lipinski definition) is 4. The number of thiol groups is 2. The first-order valence-electron chi connectivity index (χ1n) is 14.2. The van der Waals surface area contributed by atoms with Crippen LogP contribution in [-0.2, 0) is 14.4 Å². The second-order valence-electron chi connectivity index (χ2n) is 11.3. The molecule has 0 radical (unpaired) electrons. The van der Waals surface area contributed by atoms with Crippen molar-refractivity contribution in [3.05, 3.63) is 12.2 Å². The van der Waals surface area contributed by atoms with Gasteiger partial charge in [0.25, 0.3) is 5.91 Å². The van der Waals surface area contributed by atoms with E-state index in [4.69, 9.17) is 0 Å². The van der Waals surface area contributed by atoms with Gasteiger partial charge in [0, 0.05) is 20.0 Å². The fourth-order valence-electron chi connectivity index (χ4n) is 5.07. The number of hydrogen-bond acceptors (Lipinski definition) is 7. The first-order chi connectivity index (χ1) is 17.9. The molecule has 0 spiro atoms. The lowest BCUT2D eigenvalue weighted by atomic mass is 9.90. The van der Waals surface area contributed by atoms with E-state index in [9.17, 15) is 24.6 Å². The number of carboxylic acids is 1. The molecule has 1 aliphatic rings. The van der Waals surface area contributed by atoms with E-state index < -0.39 is 36.1 Å². The summed E-state index contributed by atoms with van der Waals surface area (Å²) in [6, 6.07) is -2.16. The van der Waals surface area contributed by atoms with E-state index in [-0.39, 0.29) is 24.2 Å². The zero-order valence-corrected chi connectivity index (χ0v) is 25.7. The minimum absolute atomic E-state index is 0.0602. The van der Waals surface area contributed by atoms with Crippen molar-refractivity contribution in [3.8, 4) is 0 Å². The van der Waals surface area contributed by atoms with Crippen molar-refractivity contribution in [3.63, 3.8) is 0 Å². The number of aliphatic hydroxyl groups excluding tert-OH is 1. The average molecular weight is 574 g/mol. The highest BCUT2D eigenvalue weighted by Crippen LogP contribution is 2.29. The van der Waals surface area contributed by atoms with Gasteiger partial charge in [0.15, 0.2) is 0 Å². The summed E-state index contributed by atoms with van der Waals surface area (Å²) in [6.45, 7) is 6.11. The highest BCUT2D eigenvalue weighted by Gasteiger charge is 2.39. The summed E-state index contributed by atoms with van der Waals surface area (Å²) in [5.74, 6) is -2.18. The maximum Gasteiger partial charge on any atom is 0.327 e. The molecule has 1 rings (SSSR count). The standard InChI is InChI=1S/C28H51N3O5S2/c1-6-7-8-11-14-21-15-12-9-10-13-16-22(26(33)29(4)5)19-24(28(35)36)31(38)27(34)23(17-20(2)3)30(37)25(32)18-21/h10,13,20-25,32,37-38H,6-9,11-12,14-19H2,1-5H3,(H,35,36)/b13-10-/t21?,22?,23-,24-,25?/m0/s1. The van der Waals surface area contributed by atoms with Crippen molar-refractivity contribution in [1.82, 2.24) is 13.5 Å². The van der Waals surface area contributed by atoms with Crippen LogP contribution in [0.2, 0.25) is 0 Å². The molecule has 3 unspecified atom stereocenters. The molecule has 0 aromatic rings. The van der Waals surface area contributed by atoms with Crippen LogP contribution in [0.3, 0.4) is 0 Å². The van der Waals surface area contributed by atoms with Gasteiger partial charge in [-0.3, -0.25) is 13.9 Å². The van der Waals surface area contributed by atoms with Gasteiger partial charge in [-0.2, -0.15) is 0 Å². The van der Waals surface area contributed by atoms with Gasteiger partial charge in [0.05, 0.1) is 0 Å². The van der Waals surface area contributed by atoms with E-state index >= 15 is 0 Å². The zero-order chi connectivity index (χ0) is 28.8. The Kier molecular flexibility index (Phi) is 16.6. The molecule has 0 fully saturated rings. The number of rotatable bonds is 9. The van der Waals surface area contributed by atoms with Gasteiger partial charge in [-0.15, -0.1) is 0 Å². The maximum atomic E-state index is 13.7.